The molecule has 0 N–H and O–H groups in total. The van der Waals surface area contributed by atoms with Crippen LogP contribution < -0.4 is 4.18 Å². The fourth-order valence-corrected chi connectivity index (χ4v) is 5.62. The summed E-state index contributed by atoms with van der Waals surface area (Å²) in [6.07, 6.45) is 1.33. The van der Waals surface area contributed by atoms with E-state index in [1.807, 2.05) is 20.8 Å². The van der Waals surface area contributed by atoms with Crippen molar-refractivity contribution in [2.45, 2.75) is 50.5 Å². The lowest BCUT2D eigenvalue weighted by Gasteiger charge is -2.27. The SMILES string of the molecule is CCC(CC(C)(C)C(=O)OCC1CO1)c1ccc(S(=O)(=O)N(C)S(=O)Oc2ccccc2)cc1. The van der Waals surface area contributed by atoms with E-state index in [4.69, 9.17) is 13.7 Å². The fourth-order valence-electron chi connectivity index (χ4n) is 3.48. The van der Waals surface area contributed by atoms with Crippen molar-refractivity contribution >= 4 is 27.3 Å². The van der Waals surface area contributed by atoms with Gasteiger partial charge < -0.3 is 13.7 Å². The van der Waals surface area contributed by atoms with Crippen LogP contribution in [0, 0.1) is 5.41 Å². The van der Waals surface area contributed by atoms with Gasteiger partial charge in [0.15, 0.2) is 0 Å². The summed E-state index contributed by atoms with van der Waals surface area (Å²) in [7, 11) is -2.84. The lowest BCUT2D eigenvalue weighted by molar-refractivity contribution is -0.155. The number of sulfonamides is 1. The average Bonchev–Trinajstić information content (AvgIpc) is 3.65. The van der Waals surface area contributed by atoms with E-state index < -0.39 is 26.7 Å². The normalized spacial score (nSPS) is 17.7. The Morgan fingerprint density at radius 1 is 1.18 bits per heavy atom. The fraction of sp³-hybridized carbons (Fsp3) is 0.458. The van der Waals surface area contributed by atoms with E-state index in [2.05, 4.69) is 0 Å². The van der Waals surface area contributed by atoms with Crippen LogP contribution in [0.5, 0.6) is 5.75 Å². The molecular weight excluding hydrogens is 478 g/mol. The monoisotopic (exact) mass is 509 g/mol. The average molecular weight is 510 g/mol. The number of esters is 1. The number of hydrogen-bond donors (Lipinski definition) is 0. The van der Waals surface area contributed by atoms with Gasteiger partial charge in [0.1, 0.15) is 18.5 Å². The van der Waals surface area contributed by atoms with Gasteiger partial charge in [-0.05, 0) is 62.4 Å². The Hall–Kier alpha value is -2.27. The summed E-state index contributed by atoms with van der Waals surface area (Å²) in [4.78, 5) is 12.5. The van der Waals surface area contributed by atoms with Crippen LogP contribution in [0.1, 0.15) is 45.1 Å². The van der Waals surface area contributed by atoms with E-state index >= 15 is 0 Å². The predicted octanol–water partition coefficient (Wildman–Crippen LogP) is 3.82. The van der Waals surface area contributed by atoms with E-state index in [-0.39, 0.29) is 29.5 Å². The zero-order valence-electron chi connectivity index (χ0n) is 19.8. The highest BCUT2D eigenvalue weighted by Crippen LogP contribution is 2.35. The molecule has 10 heteroatoms. The second kappa shape index (κ2) is 11.0. The predicted molar refractivity (Wildman–Crippen MR) is 129 cm³/mol. The van der Waals surface area contributed by atoms with Gasteiger partial charge in [-0.1, -0.05) is 41.0 Å². The van der Waals surface area contributed by atoms with Crippen LogP contribution in [0.25, 0.3) is 0 Å². The molecule has 3 rings (SSSR count). The zero-order chi connectivity index (χ0) is 24.9. The van der Waals surface area contributed by atoms with E-state index in [9.17, 15) is 17.4 Å². The van der Waals surface area contributed by atoms with Gasteiger partial charge in [0.25, 0.3) is 10.0 Å². The topological polar surface area (TPSA) is 103 Å². The number of hydrogen-bond acceptors (Lipinski definition) is 7. The van der Waals surface area contributed by atoms with Crippen molar-refractivity contribution in [2.24, 2.45) is 5.41 Å². The van der Waals surface area contributed by atoms with Crippen molar-refractivity contribution < 1.29 is 31.1 Å². The maximum atomic E-state index is 12.9. The first-order valence-corrected chi connectivity index (χ1v) is 13.5. The van der Waals surface area contributed by atoms with E-state index in [1.54, 1.807) is 42.5 Å². The third kappa shape index (κ3) is 6.65. The molecule has 2 aromatic carbocycles. The van der Waals surface area contributed by atoms with Gasteiger partial charge in [0, 0.05) is 7.05 Å². The smallest absolute Gasteiger partial charge is 0.311 e. The van der Waals surface area contributed by atoms with Gasteiger partial charge in [0.05, 0.1) is 16.9 Å². The molecule has 3 unspecified atom stereocenters. The first-order chi connectivity index (χ1) is 16.0. The van der Waals surface area contributed by atoms with Crippen molar-refractivity contribution in [3.63, 3.8) is 0 Å². The first-order valence-electron chi connectivity index (χ1n) is 11.1. The molecular formula is C24H31NO7S2. The van der Waals surface area contributed by atoms with E-state index in [1.165, 1.54) is 19.2 Å². The molecule has 1 aliphatic heterocycles. The van der Waals surface area contributed by atoms with Crippen LogP contribution in [-0.2, 0) is 35.6 Å². The Morgan fingerprint density at radius 3 is 2.35 bits per heavy atom. The third-order valence-electron chi connectivity index (χ3n) is 5.71. The number of ether oxygens (including phenoxy) is 2. The second-order valence-electron chi connectivity index (χ2n) is 8.84. The largest absolute Gasteiger partial charge is 0.462 e. The summed E-state index contributed by atoms with van der Waals surface area (Å²) in [6.45, 7) is 6.62. The number of nitrogens with zero attached hydrogens (tertiary/aromatic N) is 1. The molecule has 0 aliphatic carbocycles. The molecule has 34 heavy (non-hydrogen) atoms. The van der Waals surface area contributed by atoms with Gasteiger partial charge in [-0.2, -0.15) is 4.21 Å². The minimum atomic E-state index is -4.04. The summed E-state index contributed by atoms with van der Waals surface area (Å²) >= 11 is -2.24. The summed E-state index contributed by atoms with van der Waals surface area (Å²) in [5.74, 6) is 0.0581. The molecule has 8 nitrogen and oxygen atoms in total. The van der Waals surface area contributed by atoms with Gasteiger partial charge in [-0.25, -0.2) is 8.42 Å². The molecule has 1 fully saturated rings. The molecule has 1 heterocycles. The van der Waals surface area contributed by atoms with Gasteiger partial charge in [0.2, 0.25) is 0 Å². The summed E-state index contributed by atoms with van der Waals surface area (Å²) in [6, 6.07) is 14.8. The van der Waals surface area contributed by atoms with Crippen molar-refractivity contribution in [2.75, 3.05) is 20.3 Å². The number of rotatable bonds is 12. The Labute approximate surface area is 204 Å². The Bertz CT molecular complexity index is 1100. The third-order valence-corrected chi connectivity index (χ3v) is 8.97. The van der Waals surface area contributed by atoms with Crippen molar-refractivity contribution in [3.8, 4) is 5.75 Å². The Balaban J connectivity index is 1.67. The lowest BCUT2D eigenvalue weighted by Crippen LogP contribution is -2.31. The second-order valence-corrected chi connectivity index (χ2v) is 12.2. The van der Waals surface area contributed by atoms with Crippen LogP contribution in [0.2, 0.25) is 0 Å². The van der Waals surface area contributed by atoms with E-state index in [0.29, 0.717) is 22.5 Å². The van der Waals surface area contributed by atoms with Crippen LogP contribution >= 0.6 is 0 Å². The van der Waals surface area contributed by atoms with Crippen molar-refractivity contribution in [3.05, 3.63) is 60.2 Å². The molecule has 1 saturated heterocycles. The molecule has 3 atom stereocenters. The number of carbonyl (C=O) groups is 1. The minimum Gasteiger partial charge on any atom is -0.462 e. The summed E-state index contributed by atoms with van der Waals surface area (Å²) in [5.41, 5.74) is 0.212. The molecule has 0 aromatic heterocycles. The molecule has 1 aliphatic rings. The number of epoxide rings is 1. The molecule has 0 spiro atoms. The quantitative estimate of drug-likeness (QED) is 0.317. The number of benzene rings is 2. The minimum absolute atomic E-state index is 0.00159. The maximum absolute atomic E-state index is 12.9. The highest BCUT2D eigenvalue weighted by atomic mass is 32.3. The van der Waals surface area contributed by atoms with Crippen LogP contribution in [-0.4, -0.2) is 48.7 Å². The van der Waals surface area contributed by atoms with Gasteiger partial charge >= 0.3 is 17.2 Å². The molecule has 0 saturated carbocycles. The molecule has 2 aromatic rings. The number of para-hydroxylation sites is 1. The van der Waals surface area contributed by atoms with Crippen LogP contribution in [0.4, 0.5) is 0 Å². The molecule has 0 amide bonds. The summed E-state index contributed by atoms with van der Waals surface area (Å²) < 4.78 is 54.7. The molecule has 186 valence electrons. The molecule has 0 bridgehead atoms. The highest BCUT2D eigenvalue weighted by molar-refractivity contribution is 7.99. The van der Waals surface area contributed by atoms with Crippen LogP contribution in [0.3, 0.4) is 0 Å². The van der Waals surface area contributed by atoms with Crippen LogP contribution in [0.15, 0.2) is 59.5 Å². The maximum Gasteiger partial charge on any atom is 0.311 e. The molecule has 0 radical (unpaired) electrons. The standard InChI is InChI=1S/C24H31NO7S2/c1-5-18(15-24(2,3)23(26)31-17-21-16-30-21)19-11-13-22(14-12-19)34(28,29)25(4)33(27)32-20-9-7-6-8-10-20/h6-14,18,21H,5,15-17H2,1-4H3. The summed E-state index contributed by atoms with van der Waals surface area (Å²) in [5, 5.41) is 0. The highest BCUT2D eigenvalue weighted by Gasteiger charge is 2.35. The van der Waals surface area contributed by atoms with Crippen molar-refractivity contribution in [1.82, 2.24) is 3.71 Å². The zero-order valence-corrected chi connectivity index (χ0v) is 21.4. The number of carbonyl (C=O) groups excluding carboxylic acids is 1. The lowest BCUT2D eigenvalue weighted by atomic mass is 9.79. The van der Waals surface area contributed by atoms with Gasteiger partial charge in [-0.3, -0.25) is 4.79 Å². The Kier molecular flexibility index (Phi) is 8.51. The van der Waals surface area contributed by atoms with E-state index in [0.717, 1.165) is 12.0 Å². The van der Waals surface area contributed by atoms with Crippen molar-refractivity contribution in [1.29, 1.82) is 0 Å². The van der Waals surface area contributed by atoms with Gasteiger partial charge in [-0.15, -0.1) is 0 Å². The first kappa shape index (κ1) is 26.3. The Morgan fingerprint density at radius 2 is 1.79 bits per heavy atom.